The Labute approximate surface area is 228 Å². The van der Waals surface area contributed by atoms with Gasteiger partial charge >= 0.3 is 12.1 Å². The number of esters is 1. The van der Waals surface area contributed by atoms with E-state index in [1.54, 1.807) is 45.0 Å². The van der Waals surface area contributed by atoms with Crippen LogP contribution < -0.4 is 16.0 Å². The summed E-state index contributed by atoms with van der Waals surface area (Å²) in [4.78, 5) is 50.6. The van der Waals surface area contributed by atoms with Crippen LogP contribution in [0, 0.1) is 5.92 Å². The number of aliphatic hydroxyl groups is 2. The highest BCUT2D eigenvalue weighted by Gasteiger charge is 2.47. The van der Waals surface area contributed by atoms with Gasteiger partial charge in [-0.05, 0) is 38.7 Å². The summed E-state index contributed by atoms with van der Waals surface area (Å²) in [6, 6.07) is 6.88. The van der Waals surface area contributed by atoms with E-state index in [0.29, 0.717) is 6.42 Å². The number of amides is 3. The van der Waals surface area contributed by atoms with Gasteiger partial charge in [0.2, 0.25) is 5.91 Å². The van der Waals surface area contributed by atoms with Crippen LogP contribution in [0.1, 0.15) is 46.6 Å². The molecule has 0 saturated carbocycles. The van der Waals surface area contributed by atoms with Crippen molar-refractivity contribution in [2.24, 2.45) is 5.92 Å². The highest BCUT2D eigenvalue weighted by molar-refractivity contribution is 5.92. The van der Waals surface area contributed by atoms with E-state index in [0.717, 1.165) is 5.56 Å². The molecule has 39 heavy (non-hydrogen) atoms. The van der Waals surface area contributed by atoms with Crippen LogP contribution in [0.25, 0.3) is 0 Å². The monoisotopic (exact) mass is 551 g/mol. The first kappa shape index (κ1) is 32.0. The fourth-order valence-corrected chi connectivity index (χ4v) is 4.05. The average molecular weight is 552 g/mol. The Hall–Kier alpha value is -3.22. The zero-order chi connectivity index (χ0) is 29.3. The van der Waals surface area contributed by atoms with E-state index >= 15 is 0 Å². The molecule has 0 aromatic heterocycles. The van der Waals surface area contributed by atoms with Crippen molar-refractivity contribution in [3.8, 4) is 0 Å². The number of carbonyl (C=O) groups is 4. The highest BCUT2D eigenvalue weighted by atomic mass is 16.6. The fraction of sp³-hybridized carbons (Fsp3) is 0.630. The molecule has 0 unspecified atom stereocenters. The van der Waals surface area contributed by atoms with Crippen LogP contribution in [0.3, 0.4) is 0 Å². The van der Waals surface area contributed by atoms with E-state index in [9.17, 15) is 29.4 Å². The Bertz CT molecular complexity index is 980. The number of benzene rings is 1. The van der Waals surface area contributed by atoms with E-state index in [-0.39, 0.29) is 18.9 Å². The number of rotatable bonds is 11. The van der Waals surface area contributed by atoms with Crippen molar-refractivity contribution in [1.82, 2.24) is 16.0 Å². The van der Waals surface area contributed by atoms with Crippen LogP contribution in [-0.2, 0) is 35.0 Å². The largest absolute Gasteiger partial charge is 0.467 e. The van der Waals surface area contributed by atoms with Gasteiger partial charge in [0, 0.05) is 13.0 Å². The minimum absolute atomic E-state index is 0.0753. The standard InChI is InChI=1S/C27H41N3O9/c1-15(2)12-18(25(35)37-6)30-23(33)17(13-16-10-8-7-9-11-16)29-24(34)22-21(32)20(31)19(38-22)14-28-26(36)39-27(3,4)5/h7-11,15,17-22,31-32H,12-14H2,1-6H3,(H,28,36)(H,29,34)(H,30,33)/t17-,18-,19+,20-,21-,22+/m0/s1. The Morgan fingerprint density at radius 1 is 1.00 bits per heavy atom. The maximum atomic E-state index is 13.3. The third kappa shape index (κ3) is 10.1. The molecule has 1 heterocycles. The molecule has 1 fully saturated rings. The zero-order valence-electron chi connectivity index (χ0n) is 23.3. The van der Waals surface area contributed by atoms with Crippen LogP contribution in [0.2, 0.25) is 0 Å². The first-order valence-electron chi connectivity index (χ1n) is 12.9. The Balaban J connectivity index is 2.13. The summed E-state index contributed by atoms with van der Waals surface area (Å²) in [5.41, 5.74) is 0.00108. The van der Waals surface area contributed by atoms with Gasteiger partial charge in [-0.2, -0.15) is 0 Å². The van der Waals surface area contributed by atoms with Crippen molar-refractivity contribution in [2.75, 3.05) is 13.7 Å². The van der Waals surface area contributed by atoms with Crippen LogP contribution in [-0.4, -0.2) is 89.8 Å². The Morgan fingerprint density at radius 2 is 1.64 bits per heavy atom. The molecule has 1 aromatic rings. The number of hydrogen-bond acceptors (Lipinski definition) is 9. The van der Waals surface area contributed by atoms with Gasteiger partial charge in [-0.1, -0.05) is 44.2 Å². The third-order valence-electron chi connectivity index (χ3n) is 5.89. The van der Waals surface area contributed by atoms with Gasteiger partial charge in [0.1, 0.15) is 36.0 Å². The van der Waals surface area contributed by atoms with Gasteiger partial charge in [0.25, 0.3) is 5.91 Å². The summed E-state index contributed by atoms with van der Waals surface area (Å²) in [6.07, 6.45) is -6.03. The molecule has 2 rings (SSSR count). The molecule has 5 N–H and O–H groups in total. The minimum atomic E-state index is -1.61. The molecule has 1 saturated heterocycles. The number of hydrogen-bond donors (Lipinski definition) is 5. The van der Waals surface area contributed by atoms with Crippen LogP contribution >= 0.6 is 0 Å². The normalized spacial score (nSPS) is 22.5. The van der Waals surface area contributed by atoms with Crippen molar-refractivity contribution < 1.29 is 43.6 Å². The van der Waals surface area contributed by atoms with Crippen molar-refractivity contribution in [3.63, 3.8) is 0 Å². The molecule has 0 radical (unpaired) electrons. The predicted octanol–water partition coefficient (Wildman–Crippen LogP) is 0.432. The van der Waals surface area contributed by atoms with Crippen molar-refractivity contribution in [1.29, 1.82) is 0 Å². The number of nitrogens with one attached hydrogen (secondary N) is 3. The van der Waals surface area contributed by atoms with Crippen molar-refractivity contribution in [2.45, 2.75) is 89.6 Å². The third-order valence-corrected chi connectivity index (χ3v) is 5.89. The number of aliphatic hydroxyl groups excluding tert-OH is 2. The van der Waals surface area contributed by atoms with Crippen molar-refractivity contribution in [3.05, 3.63) is 35.9 Å². The van der Waals surface area contributed by atoms with E-state index in [1.165, 1.54) is 7.11 Å². The fourth-order valence-electron chi connectivity index (χ4n) is 4.05. The molecule has 12 heteroatoms. The van der Waals surface area contributed by atoms with E-state index in [2.05, 4.69) is 16.0 Å². The molecule has 12 nitrogen and oxygen atoms in total. The lowest BCUT2D eigenvalue weighted by atomic mass is 10.0. The second kappa shape index (κ2) is 14.2. The molecule has 6 atom stereocenters. The van der Waals surface area contributed by atoms with Gasteiger partial charge in [-0.15, -0.1) is 0 Å². The summed E-state index contributed by atoms with van der Waals surface area (Å²) in [7, 11) is 1.23. The van der Waals surface area contributed by atoms with Crippen LogP contribution in [0.15, 0.2) is 30.3 Å². The predicted molar refractivity (Wildman–Crippen MR) is 140 cm³/mol. The average Bonchev–Trinajstić information content (AvgIpc) is 3.14. The molecule has 0 bridgehead atoms. The Morgan fingerprint density at radius 3 is 2.21 bits per heavy atom. The summed E-state index contributed by atoms with van der Waals surface area (Å²) in [5, 5.41) is 28.6. The van der Waals surface area contributed by atoms with Crippen LogP contribution in [0.4, 0.5) is 4.79 Å². The molecular weight excluding hydrogens is 510 g/mol. The topological polar surface area (TPSA) is 173 Å². The SMILES string of the molecule is COC(=O)[C@H](CC(C)C)NC(=O)[C@H](Cc1ccccc1)NC(=O)[C@@H]1O[C@H](CNC(=O)OC(C)(C)C)[C@H](O)[C@@H]1O. The van der Waals surface area contributed by atoms with Crippen molar-refractivity contribution >= 4 is 23.9 Å². The second-order valence-electron chi connectivity index (χ2n) is 10.9. The Kier molecular flexibility index (Phi) is 11.7. The summed E-state index contributed by atoms with van der Waals surface area (Å²) in [6.45, 7) is 8.63. The summed E-state index contributed by atoms with van der Waals surface area (Å²) < 4.78 is 15.5. The molecular formula is C27H41N3O9. The summed E-state index contributed by atoms with van der Waals surface area (Å²) in [5.74, 6) is -2.00. The maximum absolute atomic E-state index is 13.3. The van der Waals surface area contributed by atoms with Gasteiger partial charge in [0.15, 0.2) is 6.10 Å². The van der Waals surface area contributed by atoms with Gasteiger partial charge in [-0.25, -0.2) is 9.59 Å². The molecule has 3 amide bonds. The number of carbonyl (C=O) groups excluding carboxylic acids is 4. The first-order valence-corrected chi connectivity index (χ1v) is 12.9. The van der Waals surface area contributed by atoms with Gasteiger partial charge < -0.3 is 40.4 Å². The smallest absolute Gasteiger partial charge is 0.407 e. The number of ether oxygens (including phenoxy) is 3. The lowest BCUT2D eigenvalue weighted by molar-refractivity contribution is -0.146. The van der Waals surface area contributed by atoms with E-state index in [1.807, 2.05) is 19.9 Å². The molecule has 1 aromatic carbocycles. The van der Waals surface area contributed by atoms with E-state index < -0.39 is 66.0 Å². The van der Waals surface area contributed by atoms with Gasteiger partial charge in [0.05, 0.1) is 7.11 Å². The maximum Gasteiger partial charge on any atom is 0.407 e. The minimum Gasteiger partial charge on any atom is -0.467 e. The number of alkyl carbamates (subject to hydrolysis) is 1. The highest BCUT2D eigenvalue weighted by Crippen LogP contribution is 2.22. The molecule has 1 aliphatic heterocycles. The lowest BCUT2D eigenvalue weighted by Gasteiger charge is -2.25. The number of methoxy groups -OCH3 is 1. The van der Waals surface area contributed by atoms with E-state index in [4.69, 9.17) is 14.2 Å². The van der Waals surface area contributed by atoms with Crippen LogP contribution in [0.5, 0.6) is 0 Å². The quantitative estimate of drug-likeness (QED) is 0.245. The lowest BCUT2D eigenvalue weighted by Crippen LogP contribution is -2.55. The molecule has 0 aliphatic carbocycles. The molecule has 218 valence electrons. The first-order chi connectivity index (χ1) is 18.2. The van der Waals surface area contributed by atoms with Gasteiger partial charge in [-0.3, -0.25) is 9.59 Å². The zero-order valence-corrected chi connectivity index (χ0v) is 23.3. The molecule has 0 spiro atoms. The summed E-state index contributed by atoms with van der Waals surface area (Å²) >= 11 is 0. The molecule has 1 aliphatic rings. The second-order valence-corrected chi connectivity index (χ2v) is 10.9.